The van der Waals surface area contributed by atoms with E-state index in [0.717, 1.165) is 26.5 Å². The van der Waals surface area contributed by atoms with E-state index in [1.807, 2.05) is 54.6 Å². The zero-order valence-corrected chi connectivity index (χ0v) is 11.7. The number of aromatic nitrogens is 1. The molecular formula is C16H12BrNO. The van der Waals surface area contributed by atoms with Crippen LogP contribution in [0.25, 0.3) is 10.9 Å². The van der Waals surface area contributed by atoms with Crippen LogP contribution < -0.4 is 0 Å². The molecule has 0 bridgehead atoms. The van der Waals surface area contributed by atoms with Crippen LogP contribution in [-0.4, -0.2) is 10.1 Å². The lowest BCUT2D eigenvalue weighted by Crippen LogP contribution is -2.02. The molecule has 94 valence electrons. The van der Waals surface area contributed by atoms with Crippen LogP contribution in [0.15, 0.2) is 65.3 Å². The smallest absolute Gasteiger partial charge is 0.107 e. The number of para-hydroxylation sites is 1. The van der Waals surface area contributed by atoms with Gasteiger partial charge in [-0.2, -0.15) is 0 Å². The van der Waals surface area contributed by atoms with Crippen molar-refractivity contribution in [2.24, 2.45) is 0 Å². The van der Waals surface area contributed by atoms with Gasteiger partial charge in [-0.3, -0.25) is 4.98 Å². The number of hydrogen-bond acceptors (Lipinski definition) is 2. The fourth-order valence-electron chi connectivity index (χ4n) is 2.21. The number of pyridine rings is 1. The predicted molar refractivity (Wildman–Crippen MR) is 79.9 cm³/mol. The van der Waals surface area contributed by atoms with Gasteiger partial charge in [0.1, 0.15) is 6.10 Å². The number of halogens is 1. The zero-order valence-electron chi connectivity index (χ0n) is 10.1. The minimum absolute atomic E-state index is 0.686. The van der Waals surface area contributed by atoms with Gasteiger partial charge in [0.15, 0.2) is 0 Å². The number of aliphatic hydroxyl groups is 1. The van der Waals surface area contributed by atoms with Crippen molar-refractivity contribution in [2.75, 3.05) is 0 Å². The van der Waals surface area contributed by atoms with E-state index in [4.69, 9.17) is 0 Å². The molecule has 19 heavy (non-hydrogen) atoms. The van der Waals surface area contributed by atoms with Crippen LogP contribution in [-0.2, 0) is 0 Å². The number of hydrogen-bond donors (Lipinski definition) is 1. The summed E-state index contributed by atoms with van der Waals surface area (Å²) in [5.74, 6) is 0. The minimum Gasteiger partial charge on any atom is -0.384 e. The topological polar surface area (TPSA) is 33.1 Å². The maximum atomic E-state index is 10.6. The molecule has 2 aromatic carbocycles. The summed E-state index contributed by atoms with van der Waals surface area (Å²) in [4.78, 5) is 4.38. The fraction of sp³-hybridized carbons (Fsp3) is 0.0625. The molecule has 2 nitrogen and oxygen atoms in total. The Bertz CT molecular complexity index is 721. The molecule has 0 amide bonds. The Hall–Kier alpha value is -1.71. The second-order valence-electron chi connectivity index (χ2n) is 4.35. The van der Waals surface area contributed by atoms with Crippen LogP contribution in [0.5, 0.6) is 0 Å². The van der Waals surface area contributed by atoms with Gasteiger partial charge in [0.2, 0.25) is 0 Å². The predicted octanol–water partition coefficient (Wildman–Crippen LogP) is 4.08. The summed E-state index contributed by atoms with van der Waals surface area (Å²) >= 11 is 3.48. The number of aliphatic hydroxyl groups excluding tert-OH is 1. The Balaban J connectivity index is 2.17. The second kappa shape index (κ2) is 5.11. The highest BCUT2D eigenvalue weighted by molar-refractivity contribution is 9.10. The van der Waals surface area contributed by atoms with Crippen molar-refractivity contribution in [3.63, 3.8) is 0 Å². The highest BCUT2D eigenvalue weighted by Crippen LogP contribution is 2.31. The monoisotopic (exact) mass is 313 g/mol. The highest BCUT2D eigenvalue weighted by Gasteiger charge is 2.16. The molecular weight excluding hydrogens is 302 g/mol. The van der Waals surface area contributed by atoms with E-state index in [2.05, 4.69) is 20.9 Å². The van der Waals surface area contributed by atoms with E-state index >= 15 is 0 Å². The molecule has 3 heteroatoms. The first-order chi connectivity index (χ1) is 9.27. The lowest BCUT2D eigenvalue weighted by Gasteiger charge is -2.14. The van der Waals surface area contributed by atoms with E-state index < -0.39 is 6.10 Å². The van der Waals surface area contributed by atoms with Crippen LogP contribution in [0.2, 0.25) is 0 Å². The molecule has 1 atom stereocenters. The van der Waals surface area contributed by atoms with Crippen molar-refractivity contribution < 1.29 is 5.11 Å². The fourth-order valence-corrected chi connectivity index (χ4v) is 2.71. The van der Waals surface area contributed by atoms with Crippen molar-refractivity contribution >= 4 is 26.8 Å². The first kappa shape index (κ1) is 12.3. The maximum Gasteiger partial charge on any atom is 0.107 e. The van der Waals surface area contributed by atoms with Crippen LogP contribution in [0.4, 0.5) is 0 Å². The second-order valence-corrected chi connectivity index (χ2v) is 5.20. The molecule has 3 rings (SSSR count). The summed E-state index contributed by atoms with van der Waals surface area (Å²) in [7, 11) is 0. The lowest BCUT2D eigenvalue weighted by atomic mass is 9.99. The Kier molecular flexibility index (Phi) is 3.32. The minimum atomic E-state index is -0.686. The molecule has 0 spiro atoms. The Morgan fingerprint density at radius 1 is 0.895 bits per heavy atom. The normalized spacial score (nSPS) is 12.5. The van der Waals surface area contributed by atoms with E-state index in [9.17, 15) is 5.11 Å². The molecule has 0 aliphatic carbocycles. The molecule has 0 radical (unpaired) electrons. The Labute approximate surface area is 119 Å². The molecule has 3 aromatic rings. The summed E-state index contributed by atoms with van der Waals surface area (Å²) in [5, 5.41) is 11.6. The number of nitrogens with zero attached hydrogens (tertiary/aromatic N) is 1. The van der Waals surface area contributed by atoms with Crippen LogP contribution in [0.1, 0.15) is 17.2 Å². The van der Waals surface area contributed by atoms with Gasteiger partial charge in [-0.1, -0.05) is 58.4 Å². The van der Waals surface area contributed by atoms with Gasteiger partial charge < -0.3 is 5.11 Å². The molecule has 0 aliphatic heterocycles. The van der Waals surface area contributed by atoms with Crippen molar-refractivity contribution in [1.29, 1.82) is 0 Å². The van der Waals surface area contributed by atoms with Gasteiger partial charge in [0, 0.05) is 21.6 Å². The summed E-state index contributed by atoms with van der Waals surface area (Å²) in [5.41, 5.74) is 2.51. The summed E-state index contributed by atoms with van der Waals surface area (Å²) in [6, 6.07) is 17.4. The Morgan fingerprint density at radius 3 is 2.47 bits per heavy atom. The largest absolute Gasteiger partial charge is 0.384 e. The van der Waals surface area contributed by atoms with Gasteiger partial charge >= 0.3 is 0 Å². The summed E-state index contributed by atoms with van der Waals surface area (Å²) in [6.45, 7) is 0. The molecule has 0 fully saturated rings. The molecule has 1 aromatic heterocycles. The number of rotatable bonds is 2. The average molecular weight is 314 g/mol. The molecule has 1 heterocycles. The van der Waals surface area contributed by atoms with Gasteiger partial charge in [-0.15, -0.1) is 0 Å². The van der Waals surface area contributed by atoms with Gasteiger partial charge in [0.25, 0.3) is 0 Å². The van der Waals surface area contributed by atoms with Crippen molar-refractivity contribution in [2.45, 2.75) is 6.10 Å². The quantitative estimate of drug-likeness (QED) is 0.773. The zero-order chi connectivity index (χ0) is 13.2. The van der Waals surface area contributed by atoms with Gasteiger partial charge in [-0.05, 0) is 17.7 Å². The van der Waals surface area contributed by atoms with Gasteiger partial charge in [0.05, 0.1) is 5.52 Å². The SMILES string of the molecule is OC(c1ccccc1Br)c1cccc2cccnc12. The first-order valence-electron chi connectivity index (χ1n) is 6.03. The molecule has 1 unspecified atom stereocenters. The maximum absolute atomic E-state index is 10.6. The van der Waals surface area contributed by atoms with E-state index in [1.54, 1.807) is 6.20 Å². The standard InChI is InChI=1S/C16H12BrNO/c17-14-9-2-1-7-12(14)16(19)13-8-3-5-11-6-4-10-18-15(11)13/h1-10,16,19H. The molecule has 0 aliphatic rings. The third kappa shape index (κ3) is 2.27. The van der Waals surface area contributed by atoms with E-state index in [1.165, 1.54) is 0 Å². The summed E-state index contributed by atoms with van der Waals surface area (Å²) in [6.07, 6.45) is 1.06. The van der Waals surface area contributed by atoms with E-state index in [-0.39, 0.29) is 0 Å². The van der Waals surface area contributed by atoms with Crippen LogP contribution >= 0.6 is 15.9 Å². The van der Waals surface area contributed by atoms with Gasteiger partial charge in [-0.25, -0.2) is 0 Å². The third-order valence-electron chi connectivity index (χ3n) is 3.16. The average Bonchev–Trinajstić information content (AvgIpc) is 2.46. The van der Waals surface area contributed by atoms with Crippen molar-refractivity contribution in [3.8, 4) is 0 Å². The molecule has 0 saturated carbocycles. The molecule has 1 N–H and O–H groups in total. The summed E-state index contributed by atoms with van der Waals surface area (Å²) < 4.78 is 0.899. The number of fused-ring (bicyclic) bond motifs is 1. The first-order valence-corrected chi connectivity index (χ1v) is 6.83. The lowest BCUT2D eigenvalue weighted by molar-refractivity contribution is 0.221. The van der Waals surface area contributed by atoms with Crippen molar-refractivity contribution in [3.05, 3.63) is 76.4 Å². The Morgan fingerprint density at radius 2 is 1.63 bits per heavy atom. The molecule has 0 saturated heterocycles. The van der Waals surface area contributed by atoms with Crippen molar-refractivity contribution in [1.82, 2.24) is 4.98 Å². The number of benzene rings is 2. The van der Waals surface area contributed by atoms with E-state index in [0.29, 0.717) is 0 Å². The highest BCUT2D eigenvalue weighted by atomic mass is 79.9. The van der Waals surface area contributed by atoms with Crippen LogP contribution in [0, 0.1) is 0 Å². The third-order valence-corrected chi connectivity index (χ3v) is 3.88. The van der Waals surface area contributed by atoms with Crippen LogP contribution in [0.3, 0.4) is 0 Å².